The minimum absolute atomic E-state index is 0. The molecule has 0 aliphatic carbocycles. The monoisotopic (exact) mass is 597 g/mol. The summed E-state index contributed by atoms with van der Waals surface area (Å²) in [6.07, 6.45) is -4.47. The van der Waals surface area contributed by atoms with Crippen LogP contribution in [0.3, 0.4) is 0 Å². The zero-order valence-corrected chi connectivity index (χ0v) is 23.5. The van der Waals surface area contributed by atoms with Crippen molar-refractivity contribution in [2.75, 3.05) is 26.2 Å². The molecule has 0 heterocycles. The Morgan fingerprint density at radius 2 is 1.03 bits per heavy atom. The van der Waals surface area contributed by atoms with Crippen molar-refractivity contribution in [1.82, 2.24) is 9.80 Å². The van der Waals surface area contributed by atoms with Crippen LogP contribution in [-0.2, 0) is 48.5 Å². The Morgan fingerprint density at radius 3 is 1.38 bits per heavy atom. The van der Waals surface area contributed by atoms with Crippen molar-refractivity contribution < 1.29 is 30.2 Å². The summed E-state index contributed by atoms with van der Waals surface area (Å²) in [6.45, 7) is 10.4. The van der Waals surface area contributed by atoms with Crippen molar-refractivity contribution in [2.45, 2.75) is 33.9 Å². The van der Waals surface area contributed by atoms with Crippen LogP contribution < -0.4 is 0 Å². The Morgan fingerprint density at radius 1 is 0.649 bits per heavy atom. The van der Waals surface area contributed by atoms with Crippen LogP contribution in [0.15, 0.2) is 75.0 Å². The van der Waals surface area contributed by atoms with Gasteiger partial charge in [-0.1, -0.05) is 42.5 Å². The Kier molecular flexibility index (Phi) is 13.8. The van der Waals surface area contributed by atoms with Gasteiger partial charge < -0.3 is 35.1 Å². The third-order valence-electron chi connectivity index (χ3n) is 5.30. The summed E-state index contributed by atoms with van der Waals surface area (Å²) in [7, 11) is 0. The van der Waals surface area contributed by atoms with E-state index in [1.54, 1.807) is 12.1 Å². The number of benzene rings is 2. The average Bonchev–Trinajstić information content (AvgIpc) is 2.87. The predicted octanol–water partition coefficient (Wildman–Crippen LogP) is 5.30. The fourth-order valence-electron chi connectivity index (χ4n) is 3.20. The second-order valence-electron chi connectivity index (χ2n) is 7.45. The fourth-order valence-corrected chi connectivity index (χ4v) is 3.80. The standard InChI is InChI=1S/C25H31F3N6S2.Cu/c1-5-33(6-2)23(35)31-29-21(18-12-10-9-11-13-18)22(30-32-24(36)34(7-3)8-4)19-14-16-20(17-15-19)25(26,27)28;/h9-17H,5-8H2,1-4H3,(H,31,35)(H,32,36);/q;+2/p-2/b29-21+,30-22+;. The Labute approximate surface area is 238 Å². The van der Waals surface area contributed by atoms with E-state index < -0.39 is 11.7 Å². The van der Waals surface area contributed by atoms with E-state index in [1.165, 1.54) is 12.1 Å². The molecule has 0 saturated heterocycles. The summed E-state index contributed by atoms with van der Waals surface area (Å²) in [5.74, 6) is 0. The molecule has 37 heavy (non-hydrogen) atoms. The minimum Gasteiger partial charge on any atom is -0.741 e. The second-order valence-corrected chi connectivity index (χ2v) is 8.18. The molecule has 0 bridgehead atoms. The van der Waals surface area contributed by atoms with Crippen LogP contribution in [0.4, 0.5) is 13.2 Å². The Balaban J connectivity index is 0.00000684. The van der Waals surface area contributed by atoms with E-state index in [9.17, 15) is 13.2 Å². The maximum Gasteiger partial charge on any atom is 2.00 e. The van der Waals surface area contributed by atoms with Gasteiger partial charge in [-0.25, -0.2) is 0 Å². The molecule has 0 aromatic heterocycles. The molecule has 1 radical (unpaired) electrons. The number of hydrogen-bond donors (Lipinski definition) is 0. The summed E-state index contributed by atoms with van der Waals surface area (Å²) >= 11 is 10.8. The van der Waals surface area contributed by atoms with Crippen molar-refractivity contribution in [1.29, 1.82) is 0 Å². The molecule has 0 aliphatic heterocycles. The molecule has 0 atom stereocenters. The summed E-state index contributed by atoms with van der Waals surface area (Å²) in [6, 6.07) is 13.7. The zero-order chi connectivity index (χ0) is 26.7. The summed E-state index contributed by atoms with van der Waals surface area (Å²) in [5.41, 5.74) is 0.769. The smallest absolute Gasteiger partial charge is 0.741 e. The van der Waals surface area contributed by atoms with Crippen molar-refractivity contribution in [3.05, 3.63) is 71.3 Å². The van der Waals surface area contributed by atoms with Gasteiger partial charge in [-0.2, -0.15) is 23.4 Å². The van der Waals surface area contributed by atoms with Crippen LogP contribution in [0.5, 0.6) is 0 Å². The fraction of sp³-hybridized carbons (Fsp3) is 0.360. The van der Waals surface area contributed by atoms with Crippen molar-refractivity contribution in [3.8, 4) is 0 Å². The topological polar surface area (TPSA) is 55.9 Å². The van der Waals surface area contributed by atoms with Crippen LogP contribution >= 0.6 is 0 Å². The number of hydrogen-bond acceptors (Lipinski definition) is 6. The van der Waals surface area contributed by atoms with E-state index in [-0.39, 0.29) is 33.1 Å². The summed E-state index contributed by atoms with van der Waals surface area (Å²) in [5, 5.41) is 17.8. The first-order valence-corrected chi connectivity index (χ1v) is 12.4. The van der Waals surface area contributed by atoms with Crippen LogP contribution in [0.1, 0.15) is 44.4 Å². The van der Waals surface area contributed by atoms with Gasteiger partial charge in [0, 0.05) is 47.6 Å². The normalized spacial score (nSPS) is 13.3. The maximum absolute atomic E-state index is 13.2. The van der Waals surface area contributed by atoms with Gasteiger partial charge in [-0.05, 0) is 39.8 Å². The minimum atomic E-state index is -4.47. The van der Waals surface area contributed by atoms with Crippen molar-refractivity contribution in [3.63, 3.8) is 0 Å². The van der Waals surface area contributed by atoms with Gasteiger partial charge in [-0.15, -0.1) is 10.2 Å². The number of nitrogens with zero attached hydrogens (tertiary/aromatic N) is 6. The third-order valence-corrected chi connectivity index (χ3v) is 5.98. The van der Waals surface area contributed by atoms with Gasteiger partial charge in [0.15, 0.2) is 0 Å². The molecule has 12 heteroatoms. The molecule has 0 spiro atoms. The van der Waals surface area contributed by atoms with Crippen molar-refractivity contribution in [2.24, 2.45) is 20.4 Å². The van der Waals surface area contributed by atoms with Crippen LogP contribution in [0, 0.1) is 0 Å². The SMILES string of the molecule is CCN(CC)/C([S-])=N/N=C(/C(=N/N=C(\[S-])N(CC)CC)c1ccc(C(F)(F)F)cc1)c1ccccc1.[Cu+2]. The number of alkyl halides is 3. The molecule has 6 nitrogen and oxygen atoms in total. The molecular formula is C25H29CuF3N6S2. The first-order valence-electron chi connectivity index (χ1n) is 11.5. The summed E-state index contributed by atoms with van der Waals surface area (Å²) in [4.78, 5) is 3.69. The first-order chi connectivity index (χ1) is 17.2. The molecule has 0 aliphatic rings. The maximum atomic E-state index is 13.2. The molecule has 0 N–H and O–H groups in total. The van der Waals surface area contributed by atoms with E-state index in [0.29, 0.717) is 43.0 Å². The van der Waals surface area contributed by atoms with Gasteiger partial charge in [0.05, 0.1) is 5.56 Å². The van der Waals surface area contributed by atoms with Gasteiger partial charge in [0.25, 0.3) is 0 Å². The first kappa shape index (κ1) is 32.5. The van der Waals surface area contributed by atoms with Crippen LogP contribution in [0.25, 0.3) is 0 Å². The molecular weight excluding hydrogens is 569 g/mol. The van der Waals surface area contributed by atoms with Gasteiger partial charge >= 0.3 is 23.2 Å². The number of amidine groups is 2. The van der Waals surface area contributed by atoms with E-state index in [0.717, 1.165) is 12.1 Å². The summed E-state index contributed by atoms with van der Waals surface area (Å²) < 4.78 is 39.6. The Bertz CT molecular complexity index is 1100. The predicted molar refractivity (Wildman–Crippen MR) is 146 cm³/mol. The van der Waals surface area contributed by atoms with Crippen LogP contribution in [-0.4, -0.2) is 57.7 Å². The van der Waals surface area contributed by atoms with Gasteiger partial charge in [-0.3, -0.25) is 0 Å². The molecule has 0 saturated carbocycles. The molecule has 203 valence electrons. The van der Waals surface area contributed by atoms with Gasteiger partial charge in [0.1, 0.15) is 11.4 Å². The molecule has 0 fully saturated rings. The van der Waals surface area contributed by atoms with E-state index >= 15 is 0 Å². The molecule has 2 aromatic carbocycles. The third kappa shape index (κ3) is 9.37. The largest absolute Gasteiger partial charge is 2.00 e. The molecule has 0 unspecified atom stereocenters. The van der Waals surface area contributed by atoms with E-state index in [1.807, 2.05) is 55.7 Å². The molecule has 2 rings (SSSR count). The molecule has 2 aromatic rings. The molecule has 0 amide bonds. The number of rotatable bonds is 9. The zero-order valence-electron chi connectivity index (χ0n) is 21.0. The Hall–Kier alpha value is -2.53. The van der Waals surface area contributed by atoms with Gasteiger partial charge in [0.2, 0.25) is 0 Å². The van der Waals surface area contributed by atoms with Crippen LogP contribution in [0.2, 0.25) is 0 Å². The quantitative estimate of drug-likeness (QED) is 0.129. The van der Waals surface area contributed by atoms with E-state index in [2.05, 4.69) is 20.4 Å². The van der Waals surface area contributed by atoms with Crippen molar-refractivity contribution >= 4 is 47.0 Å². The number of halogens is 3. The second kappa shape index (κ2) is 15.7. The van der Waals surface area contributed by atoms with E-state index in [4.69, 9.17) is 25.3 Å². The average molecular weight is 598 g/mol.